The van der Waals surface area contributed by atoms with Crippen molar-refractivity contribution in [1.82, 2.24) is 14.9 Å². The van der Waals surface area contributed by atoms with Gasteiger partial charge in [-0.05, 0) is 42.8 Å². The van der Waals surface area contributed by atoms with Gasteiger partial charge in [0.15, 0.2) is 0 Å². The summed E-state index contributed by atoms with van der Waals surface area (Å²) >= 11 is 0. The molecule has 0 spiro atoms. The highest BCUT2D eigenvalue weighted by atomic mass is 19.1. The van der Waals surface area contributed by atoms with Crippen molar-refractivity contribution in [3.05, 3.63) is 59.4 Å². The minimum absolute atomic E-state index is 0.150. The van der Waals surface area contributed by atoms with Crippen LogP contribution in [0.1, 0.15) is 23.7 Å². The molecular formula is C19H18F2N4O2. The summed E-state index contributed by atoms with van der Waals surface area (Å²) in [6.07, 6.45) is 3.59. The fourth-order valence-corrected chi connectivity index (χ4v) is 3.10. The molecule has 0 unspecified atom stereocenters. The smallest absolute Gasteiger partial charge is 0.341 e. The van der Waals surface area contributed by atoms with Gasteiger partial charge in [-0.15, -0.1) is 0 Å². The number of carbonyl (C=O) groups excluding carboxylic acids is 1. The number of hydrogen-bond donors (Lipinski definition) is 0. The number of pyridine rings is 1. The van der Waals surface area contributed by atoms with Gasteiger partial charge in [-0.25, -0.2) is 18.6 Å². The van der Waals surface area contributed by atoms with Crippen molar-refractivity contribution in [3.8, 4) is 5.75 Å². The Morgan fingerprint density at radius 1 is 1.22 bits per heavy atom. The van der Waals surface area contributed by atoms with Crippen LogP contribution in [-0.4, -0.2) is 46.3 Å². The van der Waals surface area contributed by atoms with Gasteiger partial charge in [0.1, 0.15) is 23.5 Å². The number of ether oxygens (including phenoxy) is 1. The molecule has 1 aromatic heterocycles. The first kappa shape index (κ1) is 17.4. The number of amides is 2. The van der Waals surface area contributed by atoms with Crippen LogP contribution in [0, 0.1) is 18.6 Å². The first-order chi connectivity index (χ1) is 13.0. The van der Waals surface area contributed by atoms with Crippen molar-refractivity contribution in [1.29, 1.82) is 0 Å². The van der Waals surface area contributed by atoms with Crippen LogP contribution in [-0.2, 0) is 0 Å². The molecule has 140 valence electrons. The van der Waals surface area contributed by atoms with Gasteiger partial charge in [0.05, 0.1) is 24.8 Å². The average molecular weight is 372 g/mol. The van der Waals surface area contributed by atoms with E-state index in [0.717, 1.165) is 0 Å². The molecule has 1 aromatic carbocycles. The lowest BCUT2D eigenvalue weighted by molar-refractivity contribution is 0.0277. The molecular weight excluding hydrogens is 354 g/mol. The normalized spacial score (nSPS) is 19.3. The first-order valence-electron chi connectivity index (χ1n) is 8.66. The van der Waals surface area contributed by atoms with E-state index >= 15 is 0 Å². The Bertz CT molecular complexity index is 882. The second-order valence-electron chi connectivity index (χ2n) is 6.61. The molecule has 0 bridgehead atoms. The van der Waals surface area contributed by atoms with Crippen molar-refractivity contribution >= 4 is 12.2 Å². The van der Waals surface area contributed by atoms with Crippen molar-refractivity contribution < 1.29 is 18.3 Å². The summed E-state index contributed by atoms with van der Waals surface area (Å²) in [5.41, 5.74) is 0.933. The van der Waals surface area contributed by atoms with E-state index in [0.29, 0.717) is 36.5 Å². The van der Waals surface area contributed by atoms with Crippen molar-refractivity contribution in [2.75, 3.05) is 13.1 Å². The van der Waals surface area contributed by atoms with Crippen molar-refractivity contribution in [3.63, 3.8) is 0 Å². The zero-order chi connectivity index (χ0) is 19.0. The van der Waals surface area contributed by atoms with Crippen LogP contribution in [0.5, 0.6) is 5.75 Å². The number of nitrogens with zero attached hydrogens (tertiary/aromatic N) is 4. The van der Waals surface area contributed by atoms with E-state index in [2.05, 4.69) is 10.1 Å². The maximum atomic E-state index is 13.8. The minimum Gasteiger partial charge on any atom is -0.487 e. The maximum absolute atomic E-state index is 13.8. The molecule has 8 heteroatoms. The maximum Gasteiger partial charge on any atom is 0.341 e. The molecule has 1 fully saturated rings. The number of aryl methyl sites for hydroxylation is 1. The molecule has 2 aromatic rings. The van der Waals surface area contributed by atoms with E-state index in [4.69, 9.17) is 4.74 Å². The molecule has 0 N–H and O–H groups in total. The van der Waals surface area contributed by atoms with Gasteiger partial charge in [0.25, 0.3) is 0 Å². The summed E-state index contributed by atoms with van der Waals surface area (Å²) in [6, 6.07) is 6.55. The van der Waals surface area contributed by atoms with Crippen molar-refractivity contribution in [2.45, 2.75) is 25.5 Å². The highest BCUT2D eigenvalue weighted by Crippen LogP contribution is 2.31. The molecule has 4 rings (SSSR count). The largest absolute Gasteiger partial charge is 0.487 e. The number of carbonyl (C=O) groups is 1. The van der Waals surface area contributed by atoms with E-state index in [1.165, 1.54) is 23.2 Å². The van der Waals surface area contributed by atoms with Crippen LogP contribution in [0.15, 0.2) is 41.6 Å². The standard InChI is InChI=1S/C19H18F2N4O2/c1-12-17(21)8-13(9-22-12)18-6-7-23-25(18)19(26)24-10-16(11-24)27-15-4-2-14(20)3-5-15/h2-5,7-9,16,18H,6,10-11H2,1H3/t18-/m0/s1. The van der Waals surface area contributed by atoms with E-state index in [-0.39, 0.29) is 24.0 Å². The third kappa shape index (κ3) is 3.47. The number of rotatable bonds is 3. The number of benzene rings is 1. The highest BCUT2D eigenvalue weighted by Gasteiger charge is 2.39. The van der Waals surface area contributed by atoms with Gasteiger partial charge in [0.2, 0.25) is 0 Å². The number of urea groups is 1. The van der Waals surface area contributed by atoms with Crippen LogP contribution < -0.4 is 4.74 Å². The number of aromatic nitrogens is 1. The number of hydrazone groups is 1. The lowest BCUT2D eigenvalue weighted by atomic mass is 10.1. The second-order valence-corrected chi connectivity index (χ2v) is 6.61. The van der Waals surface area contributed by atoms with Crippen LogP contribution >= 0.6 is 0 Å². The van der Waals surface area contributed by atoms with Gasteiger partial charge in [-0.1, -0.05) is 0 Å². The summed E-state index contributed by atoms with van der Waals surface area (Å²) in [6.45, 7) is 2.42. The van der Waals surface area contributed by atoms with E-state index in [9.17, 15) is 13.6 Å². The molecule has 0 saturated carbocycles. The summed E-state index contributed by atoms with van der Waals surface area (Å²) in [4.78, 5) is 18.4. The quantitative estimate of drug-likeness (QED) is 0.831. The minimum atomic E-state index is -0.400. The van der Waals surface area contributed by atoms with Crippen LogP contribution in [0.4, 0.5) is 13.6 Å². The third-order valence-electron chi connectivity index (χ3n) is 4.69. The Kier molecular flexibility index (Phi) is 4.47. The molecule has 27 heavy (non-hydrogen) atoms. The highest BCUT2D eigenvalue weighted by molar-refractivity contribution is 5.79. The average Bonchev–Trinajstić information content (AvgIpc) is 3.11. The van der Waals surface area contributed by atoms with Crippen LogP contribution in [0.25, 0.3) is 0 Å². The Morgan fingerprint density at radius 3 is 2.67 bits per heavy atom. The zero-order valence-electron chi connectivity index (χ0n) is 14.7. The van der Waals surface area contributed by atoms with E-state index < -0.39 is 5.82 Å². The SMILES string of the molecule is Cc1ncc([C@@H]2CC=NN2C(=O)N2CC(Oc3ccc(F)cc3)C2)cc1F. The molecule has 1 atom stereocenters. The number of halogens is 2. The Morgan fingerprint density at radius 2 is 1.96 bits per heavy atom. The number of hydrogen-bond acceptors (Lipinski definition) is 4. The summed E-state index contributed by atoms with van der Waals surface area (Å²) in [5, 5.41) is 5.51. The molecule has 2 amide bonds. The lowest BCUT2D eigenvalue weighted by Gasteiger charge is -2.41. The van der Waals surface area contributed by atoms with E-state index in [1.54, 1.807) is 36.4 Å². The predicted molar refractivity (Wildman–Crippen MR) is 94.4 cm³/mol. The topological polar surface area (TPSA) is 58.0 Å². The fraction of sp³-hybridized carbons (Fsp3) is 0.316. The summed E-state index contributed by atoms with van der Waals surface area (Å²) in [5.74, 6) is -0.164. The summed E-state index contributed by atoms with van der Waals surface area (Å²) < 4.78 is 32.5. The Balaban J connectivity index is 1.37. The van der Waals surface area contributed by atoms with Gasteiger partial charge >= 0.3 is 6.03 Å². The molecule has 0 radical (unpaired) electrons. The molecule has 2 aliphatic rings. The second kappa shape index (κ2) is 6.94. The van der Waals surface area contributed by atoms with Crippen molar-refractivity contribution in [2.24, 2.45) is 5.10 Å². The molecule has 3 heterocycles. The van der Waals surface area contributed by atoms with Crippen LogP contribution in [0.3, 0.4) is 0 Å². The van der Waals surface area contributed by atoms with Gasteiger partial charge < -0.3 is 9.64 Å². The number of likely N-dealkylation sites (tertiary alicyclic amines) is 1. The van der Waals surface area contributed by atoms with Gasteiger partial charge in [-0.2, -0.15) is 5.10 Å². The first-order valence-corrected chi connectivity index (χ1v) is 8.66. The van der Waals surface area contributed by atoms with Crippen LogP contribution in [0.2, 0.25) is 0 Å². The van der Waals surface area contributed by atoms with Gasteiger partial charge in [-0.3, -0.25) is 4.98 Å². The predicted octanol–water partition coefficient (Wildman–Crippen LogP) is 3.28. The lowest BCUT2D eigenvalue weighted by Crippen LogP contribution is -2.58. The Hall–Kier alpha value is -3.03. The zero-order valence-corrected chi connectivity index (χ0v) is 14.7. The van der Waals surface area contributed by atoms with Gasteiger partial charge in [0, 0.05) is 18.8 Å². The third-order valence-corrected chi connectivity index (χ3v) is 4.69. The molecule has 0 aliphatic carbocycles. The van der Waals surface area contributed by atoms with E-state index in [1.807, 2.05) is 0 Å². The summed E-state index contributed by atoms with van der Waals surface area (Å²) in [7, 11) is 0. The fourth-order valence-electron chi connectivity index (χ4n) is 3.10. The monoisotopic (exact) mass is 372 g/mol. The molecule has 1 saturated heterocycles. The molecule has 6 nitrogen and oxygen atoms in total. The molecule has 2 aliphatic heterocycles. The Labute approximate surface area is 155 Å².